The van der Waals surface area contributed by atoms with Gasteiger partial charge in [0.05, 0.1) is 12.4 Å². The molecule has 0 atom stereocenters. The first-order valence-electron chi connectivity index (χ1n) is 11.2. The third-order valence-corrected chi connectivity index (χ3v) is 5.48. The van der Waals surface area contributed by atoms with Gasteiger partial charge in [-0.25, -0.2) is 9.97 Å². The maximum absolute atomic E-state index is 12.8. The van der Waals surface area contributed by atoms with Crippen LogP contribution in [0.5, 0.6) is 0 Å². The van der Waals surface area contributed by atoms with Crippen LogP contribution < -0.4 is 10.6 Å². The van der Waals surface area contributed by atoms with Gasteiger partial charge in [-0.3, -0.25) is 9.59 Å². The van der Waals surface area contributed by atoms with Crippen molar-refractivity contribution in [2.24, 2.45) is 0 Å². The van der Waals surface area contributed by atoms with Gasteiger partial charge < -0.3 is 19.5 Å². The van der Waals surface area contributed by atoms with Gasteiger partial charge in [-0.1, -0.05) is 6.07 Å². The number of oxazole rings is 2. The molecule has 0 unspecified atom stereocenters. The Balaban J connectivity index is 1.23. The van der Waals surface area contributed by atoms with E-state index in [2.05, 4.69) is 20.6 Å². The molecule has 0 aliphatic heterocycles. The summed E-state index contributed by atoms with van der Waals surface area (Å²) in [6.45, 7) is 3.56. The Morgan fingerprint density at radius 2 is 1.06 bits per heavy atom. The van der Waals surface area contributed by atoms with Crippen molar-refractivity contribution in [3.63, 3.8) is 0 Å². The Labute approximate surface area is 207 Å². The predicted octanol–water partition coefficient (Wildman–Crippen LogP) is 6.12. The maximum atomic E-state index is 12.8. The number of amides is 2. The van der Waals surface area contributed by atoms with Gasteiger partial charge in [0.25, 0.3) is 11.8 Å². The van der Waals surface area contributed by atoms with Gasteiger partial charge in [0.15, 0.2) is 23.3 Å². The lowest BCUT2D eigenvalue weighted by molar-refractivity contribution is 0.102. The molecule has 3 aromatic carbocycles. The number of anilines is 2. The number of benzene rings is 3. The summed E-state index contributed by atoms with van der Waals surface area (Å²) in [5.41, 5.74) is 3.70. The highest BCUT2D eigenvalue weighted by atomic mass is 16.4. The third kappa shape index (κ3) is 5.07. The molecule has 8 nitrogen and oxygen atoms in total. The van der Waals surface area contributed by atoms with E-state index < -0.39 is 0 Å². The number of hydrogen-bond donors (Lipinski definition) is 2. The molecule has 2 amide bonds. The number of carbonyl (C=O) groups excluding carboxylic acids is 2. The number of nitrogens with zero attached hydrogens (tertiary/aromatic N) is 2. The minimum Gasteiger partial charge on any atom is -0.441 e. The molecule has 5 rings (SSSR count). The second-order valence-corrected chi connectivity index (χ2v) is 8.13. The smallest absolute Gasteiger partial charge is 0.255 e. The van der Waals surface area contributed by atoms with E-state index >= 15 is 0 Å². The Kier molecular flexibility index (Phi) is 6.15. The second kappa shape index (κ2) is 9.71. The largest absolute Gasteiger partial charge is 0.441 e. The number of nitrogens with one attached hydrogen (secondary N) is 2. The van der Waals surface area contributed by atoms with Crippen molar-refractivity contribution < 1.29 is 18.4 Å². The summed E-state index contributed by atoms with van der Waals surface area (Å²) < 4.78 is 11.0. The molecular formula is C28H22N4O4. The van der Waals surface area contributed by atoms with Crippen LogP contribution in [0.25, 0.3) is 22.6 Å². The Morgan fingerprint density at radius 3 is 1.42 bits per heavy atom. The summed E-state index contributed by atoms with van der Waals surface area (Å²) in [4.78, 5) is 33.8. The van der Waals surface area contributed by atoms with E-state index in [0.717, 1.165) is 11.1 Å². The van der Waals surface area contributed by atoms with Crippen molar-refractivity contribution in [3.8, 4) is 22.6 Å². The number of aryl methyl sites for hydroxylation is 2. The second-order valence-electron chi connectivity index (χ2n) is 8.13. The molecule has 5 aromatic rings. The maximum Gasteiger partial charge on any atom is 0.255 e. The lowest BCUT2D eigenvalue weighted by Crippen LogP contribution is -2.15. The van der Waals surface area contributed by atoms with Crippen molar-refractivity contribution in [3.05, 3.63) is 108 Å². The molecule has 0 aliphatic rings. The van der Waals surface area contributed by atoms with Crippen LogP contribution in [-0.2, 0) is 0 Å². The number of carbonyl (C=O) groups is 2. The van der Waals surface area contributed by atoms with Crippen LogP contribution in [0.4, 0.5) is 11.4 Å². The van der Waals surface area contributed by atoms with Gasteiger partial charge in [0.1, 0.15) is 0 Å². The SMILES string of the molecule is Cc1ncc(-c2ccc(NC(=O)c3cccc(C(=O)Nc4ccc(-c5cnc(C)o5)cc4)c3)cc2)o1. The lowest BCUT2D eigenvalue weighted by atomic mass is 10.1. The highest BCUT2D eigenvalue weighted by Crippen LogP contribution is 2.24. The highest BCUT2D eigenvalue weighted by molar-refractivity contribution is 6.08. The molecule has 2 N–H and O–H groups in total. The van der Waals surface area contributed by atoms with E-state index in [4.69, 9.17) is 8.83 Å². The molecule has 0 spiro atoms. The van der Waals surface area contributed by atoms with Crippen LogP contribution >= 0.6 is 0 Å². The zero-order chi connectivity index (χ0) is 25.1. The van der Waals surface area contributed by atoms with Crippen LogP contribution in [0, 0.1) is 13.8 Å². The van der Waals surface area contributed by atoms with Crippen molar-refractivity contribution in [2.45, 2.75) is 13.8 Å². The first-order valence-corrected chi connectivity index (χ1v) is 11.2. The van der Waals surface area contributed by atoms with Gasteiger partial charge in [0, 0.05) is 47.5 Å². The molecule has 0 saturated heterocycles. The van der Waals surface area contributed by atoms with Crippen LogP contribution in [-0.4, -0.2) is 21.8 Å². The summed E-state index contributed by atoms with van der Waals surface area (Å²) in [6.07, 6.45) is 3.32. The molecule has 0 aliphatic carbocycles. The molecule has 0 radical (unpaired) electrons. The summed E-state index contributed by atoms with van der Waals surface area (Å²) in [6, 6.07) is 21.0. The van der Waals surface area contributed by atoms with Crippen LogP contribution in [0.3, 0.4) is 0 Å². The molecule has 178 valence electrons. The monoisotopic (exact) mass is 478 g/mol. The van der Waals surface area contributed by atoms with Crippen LogP contribution in [0.15, 0.2) is 94.0 Å². The Bertz CT molecular complexity index is 1420. The molecule has 8 heteroatoms. The van der Waals surface area contributed by atoms with Crippen LogP contribution in [0.2, 0.25) is 0 Å². The predicted molar refractivity (Wildman–Crippen MR) is 136 cm³/mol. The van der Waals surface area contributed by atoms with E-state index in [0.29, 0.717) is 45.8 Å². The first-order chi connectivity index (χ1) is 17.4. The molecular weight excluding hydrogens is 456 g/mol. The zero-order valence-electron chi connectivity index (χ0n) is 19.6. The van der Waals surface area contributed by atoms with E-state index in [9.17, 15) is 9.59 Å². The van der Waals surface area contributed by atoms with E-state index in [1.807, 2.05) is 24.3 Å². The Hall–Kier alpha value is -4.98. The van der Waals surface area contributed by atoms with E-state index in [1.165, 1.54) is 0 Å². The molecule has 0 fully saturated rings. The van der Waals surface area contributed by atoms with E-state index in [-0.39, 0.29) is 11.8 Å². The highest BCUT2D eigenvalue weighted by Gasteiger charge is 2.12. The average molecular weight is 479 g/mol. The van der Waals surface area contributed by atoms with Crippen molar-refractivity contribution in [1.82, 2.24) is 9.97 Å². The molecule has 36 heavy (non-hydrogen) atoms. The quantitative estimate of drug-likeness (QED) is 0.304. The normalized spacial score (nSPS) is 10.7. The number of aromatic nitrogens is 2. The molecule has 0 bridgehead atoms. The van der Waals surface area contributed by atoms with Gasteiger partial charge in [-0.2, -0.15) is 0 Å². The Morgan fingerprint density at radius 1 is 0.639 bits per heavy atom. The number of rotatable bonds is 6. The molecule has 0 saturated carbocycles. The van der Waals surface area contributed by atoms with Crippen molar-refractivity contribution >= 4 is 23.2 Å². The summed E-state index contributed by atoms with van der Waals surface area (Å²) in [5, 5.41) is 5.70. The zero-order valence-corrected chi connectivity index (χ0v) is 19.6. The average Bonchev–Trinajstić information content (AvgIpc) is 3.53. The standard InChI is InChI=1S/C28H22N4O4/c1-17-29-15-25(35-17)19-6-10-23(11-7-19)31-27(33)21-4-3-5-22(14-21)28(34)32-24-12-8-20(9-13-24)26-16-30-18(2)36-26/h3-16H,1-2H3,(H,31,33)(H,32,34). The molecule has 2 aromatic heterocycles. The fraction of sp³-hybridized carbons (Fsp3) is 0.0714. The topological polar surface area (TPSA) is 110 Å². The van der Waals surface area contributed by atoms with Crippen molar-refractivity contribution in [1.29, 1.82) is 0 Å². The lowest BCUT2D eigenvalue weighted by Gasteiger charge is -2.09. The van der Waals surface area contributed by atoms with Gasteiger partial charge in [0.2, 0.25) is 0 Å². The first kappa shape index (κ1) is 22.8. The van der Waals surface area contributed by atoms with E-state index in [1.54, 1.807) is 74.8 Å². The number of hydrogen-bond acceptors (Lipinski definition) is 6. The van der Waals surface area contributed by atoms with Crippen molar-refractivity contribution in [2.75, 3.05) is 10.6 Å². The van der Waals surface area contributed by atoms with Gasteiger partial charge in [-0.15, -0.1) is 0 Å². The minimum absolute atomic E-state index is 0.320. The summed E-state index contributed by atoms with van der Waals surface area (Å²) >= 11 is 0. The summed E-state index contributed by atoms with van der Waals surface area (Å²) in [5.74, 6) is 1.85. The van der Waals surface area contributed by atoms with Gasteiger partial charge in [-0.05, 0) is 66.7 Å². The third-order valence-electron chi connectivity index (χ3n) is 5.48. The fourth-order valence-corrected chi connectivity index (χ4v) is 3.63. The minimum atomic E-state index is -0.320. The van der Waals surface area contributed by atoms with Gasteiger partial charge >= 0.3 is 0 Å². The van der Waals surface area contributed by atoms with Crippen LogP contribution in [0.1, 0.15) is 32.5 Å². The fourth-order valence-electron chi connectivity index (χ4n) is 3.63. The molecule has 2 heterocycles. The summed E-state index contributed by atoms with van der Waals surface area (Å²) in [7, 11) is 0.